The van der Waals surface area contributed by atoms with Crippen LogP contribution in [0.1, 0.15) is 32.4 Å². The smallest absolute Gasteiger partial charge is 0.408 e. The molecule has 0 radical (unpaired) electrons. The van der Waals surface area contributed by atoms with Crippen LogP contribution in [0.5, 0.6) is 0 Å². The highest BCUT2D eigenvalue weighted by molar-refractivity contribution is 5.68. The molecule has 1 heterocycles. The van der Waals surface area contributed by atoms with E-state index < -0.39 is 11.7 Å². The van der Waals surface area contributed by atoms with Gasteiger partial charge in [0, 0.05) is 18.9 Å². The van der Waals surface area contributed by atoms with Crippen molar-refractivity contribution < 1.29 is 9.53 Å². The highest BCUT2D eigenvalue weighted by atomic mass is 16.6. The van der Waals surface area contributed by atoms with Crippen LogP contribution in [0.15, 0.2) is 48.8 Å². The van der Waals surface area contributed by atoms with Crippen LogP contribution >= 0.6 is 0 Å². The molecule has 0 aliphatic carbocycles. The molecule has 0 aliphatic heterocycles. The summed E-state index contributed by atoms with van der Waals surface area (Å²) in [5.74, 6) is 0.513. The largest absolute Gasteiger partial charge is 0.444 e. The molecule has 0 aliphatic rings. The first-order valence-corrected chi connectivity index (χ1v) is 7.49. The molecule has 6 nitrogen and oxygen atoms in total. The third-order valence-electron chi connectivity index (χ3n) is 2.92. The number of carbonyl (C=O) groups excluding carboxylic acids is 1. The molecule has 0 saturated heterocycles. The van der Waals surface area contributed by atoms with Gasteiger partial charge in [0.05, 0.1) is 6.04 Å². The number of benzene rings is 1. The Morgan fingerprint density at radius 1 is 1.13 bits per heavy atom. The Bertz CT molecular complexity index is 611. The molecule has 2 aromatic rings. The molecule has 1 aromatic carbocycles. The number of alkyl carbamates (subject to hydrolysis) is 1. The van der Waals surface area contributed by atoms with Gasteiger partial charge in [-0.2, -0.15) is 0 Å². The van der Waals surface area contributed by atoms with Gasteiger partial charge in [0.25, 0.3) is 0 Å². The maximum absolute atomic E-state index is 12.1. The van der Waals surface area contributed by atoms with Crippen LogP contribution in [0.25, 0.3) is 0 Å². The van der Waals surface area contributed by atoms with E-state index in [9.17, 15) is 4.79 Å². The van der Waals surface area contributed by atoms with E-state index >= 15 is 0 Å². The van der Waals surface area contributed by atoms with Gasteiger partial charge >= 0.3 is 6.09 Å². The van der Waals surface area contributed by atoms with Crippen molar-refractivity contribution in [2.24, 2.45) is 0 Å². The average molecular weight is 314 g/mol. The molecule has 0 unspecified atom stereocenters. The lowest BCUT2D eigenvalue weighted by Gasteiger charge is -2.24. The van der Waals surface area contributed by atoms with Crippen LogP contribution in [0.4, 0.5) is 10.7 Å². The normalized spacial score (nSPS) is 12.3. The van der Waals surface area contributed by atoms with Gasteiger partial charge in [-0.1, -0.05) is 30.3 Å². The van der Waals surface area contributed by atoms with E-state index in [1.54, 1.807) is 18.5 Å². The van der Waals surface area contributed by atoms with Crippen molar-refractivity contribution >= 4 is 12.0 Å². The van der Waals surface area contributed by atoms with Crippen molar-refractivity contribution in [1.82, 2.24) is 15.3 Å². The van der Waals surface area contributed by atoms with E-state index in [0.29, 0.717) is 12.5 Å². The summed E-state index contributed by atoms with van der Waals surface area (Å²) in [6.45, 7) is 5.95. The van der Waals surface area contributed by atoms with Crippen LogP contribution < -0.4 is 10.6 Å². The lowest BCUT2D eigenvalue weighted by Crippen LogP contribution is -2.37. The van der Waals surface area contributed by atoms with Crippen molar-refractivity contribution in [1.29, 1.82) is 0 Å². The number of anilines is 1. The van der Waals surface area contributed by atoms with Gasteiger partial charge < -0.3 is 15.4 Å². The lowest BCUT2D eigenvalue weighted by atomic mass is 10.1. The minimum absolute atomic E-state index is 0.255. The Morgan fingerprint density at radius 3 is 2.39 bits per heavy atom. The summed E-state index contributed by atoms with van der Waals surface area (Å²) in [7, 11) is 0. The minimum Gasteiger partial charge on any atom is -0.444 e. The highest BCUT2D eigenvalue weighted by Crippen LogP contribution is 2.15. The number of rotatable bonds is 5. The van der Waals surface area contributed by atoms with Crippen LogP contribution in [0, 0.1) is 0 Å². The van der Waals surface area contributed by atoms with Crippen LogP contribution in [0.3, 0.4) is 0 Å². The van der Waals surface area contributed by atoms with E-state index in [4.69, 9.17) is 4.74 Å². The van der Waals surface area contributed by atoms with E-state index in [-0.39, 0.29) is 6.04 Å². The summed E-state index contributed by atoms with van der Waals surface area (Å²) in [5, 5.41) is 6.00. The maximum Gasteiger partial charge on any atom is 0.408 e. The van der Waals surface area contributed by atoms with E-state index in [0.717, 1.165) is 5.56 Å². The first kappa shape index (κ1) is 16.7. The second kappa shape index (κ2) is 7.58. The summed E-state index contributed by atoms with van der Waals surface area (Å²) in [6, 6.07) is 11.2. The second-order valence-electron chi connectivity index (χ2n) is 6.06. The summed E-state index contributed by atoms with van der Waals surface area (Å²) >= 11 is 0. The van der Waals surface area contributed by atoms with Crippen molar-refractivity contribution in [3.8, 4) is 0 Å². The molecular formula is C17H22N4O2. The number of ether oxygens (including phenoxy) is 1. The van der Waals surface area contributed by atoms with Gasteiger partial charge in [0.15, 0.2) is 0 Å². The van der Waals surface area contributed by atoms with Crippen LogP contribution in [0.2, 0.25) is 0 Å². The summed E-state index contributed by atoms with van der Waals surface area (Å²) in [5.41, 5.74) is 0.433. The van der Waals surface area contributed by atoms with Gasteiger partial charge in [0.1, 0.15) is 5.60 Å². The number of amides is 1. The molecule has 0 saturated carbocycles. The van der Waals surface area contributed by atoms with E-state index in [2.05, 4.69) is 20.6 Å². The molecule has 1 amide bonds. The quantitative estimate of drug-likeness (QED) is 0.886. The maximum atomic E-state index is 12.1. The number of aromatic nitrogens is 2. The lowest BCUT2D eigenvalue weighted by molar-refractivity contribution is 0.0506. The molecule has 0 spiro atoms. The third-order valence-corrected chi connectivity index (χ3v) is 2.92. The molecule has 0 fully saturated rings. The Kier molecular flexibility index (Phi) is 5.51. The zero-order valence-corrected chi connectivity index (χ0v) is 13.6. The van der Waals surface area contributed by atoms with Crippen molar-refractivity contribution in [2.45, 2.75) is 32.4 Å². The molecule has 122 valence electrons. The molecule has 6 heteroatoms. The number of nitrogens with zero attached hydrogens (tertiary/aromatic N) is 2. The fourth-order valence-electron chi connectivity index (χ4n) is 1.97. The first-order chi connectivity index (χ1) is 10.9. The Morgan fingerprint density at radius 2 is 1.78 bits per heavy atom. The number of nitrogens with one attached hydrogen (secondary N) is 2. The predicted octanol–water partition coefficient (Wildman–Crippen LogP) is 3.15. The van der Waals surface area contributed by atoms with Gasteiger partial charge in [-0.25, -0.2) is 14.8 Å². The standard InChI is InChI=1S/C17H22N4O2/c1-17(2,3)23-16(22)21-14(13-8-5-4-6-9-13)12-20-15-18-10-7-11-19-15/h4-11,14H,12H2,1-3H3,(H,21,22)(H,18,19,20)/t14-/m0/s1. The Hall–Kier alpha value is -2.63. The Balaban J connectivity index is 2.05. The van der Waals surface area contributed by atoms with Gasteiger partial charge in [-0.05, 0) is 32.4 Å². The fraction of sp³-hybridized carbons (Fsp3) is 0.353. The van der Waals surface area contributed by atoms with Crippen molar-refractivity contribution in [2.75, 3.05) is 11.9 Å². The zero-order valence-electron chi connectivity index (χ0n) is 13.6. The van der Waals surface area contributed by atoms with E-state index in [1.807, 2.05) is 51.1 Å². The zero-order chi connectivity index (χ0) is 16.7. The van der Waals surface area contributed by atoms with E-state index in [1.165, 1.54) is 0 Å². The van der Waals surface area contributed by atoms with Gasteiger partial charge in [-0.15, -0.1) is 0 Å². The monoisotopic (exact) mass is 314 g/mol. The summed E-state index contributed by atoms with van der Waals surface area (Å²) in [4.78, 5) is 20.3. The molecule has 0 bridgehead atoms. The van der Waals surface area contributed by atoms with Crippen LogP contribution in [-0.2, 0) is 4.74 Å². The summed E-state index contributed by atoms with van der Waals surface area (Å²) in [6.07, 6.45) is 2.87. The molecule has 1 aromatic heterocycles. The highest BCUT2D eigenvalue weighted by Gasteiger charge is 2.20. The molecular weight excluding hydrogens is 292 g/mol. The topological polar surface area (TPSA) is 76.1 Å². The second-order valence-corrected chi connectivity index (χ2v) is 6.06. The van der Waals surface area contributed by atoms with Crippen molar-refractivity contribution in [3.05, 3.63) is 54.4 Å². The SMILES string of the molecule is CC(C)(C)OC(=O)N[C@@H](CNc1ncccn1)c1ccccc1. The predicted molar refractivity (Wildman–Crippen MR) is 89.1 cm³/mol. The van der Waals surface area contributed by atoms with Gasteiger partial charge in [-0.3, -0.25) is 0 Å². The molecule has 23 heavy (non-hydrogen) atoms. The average Bonchev–Trinajstić information content (AvgIpc) is 2.51. The van der Waals surface area contributed by atoms with Crippen LogP contribution in [-0.4, -0.2) is 28.2 Å². The number of hydrogen-bond donors (Lipinski definition) is 2. The molecule has 2 rings (SSSR count). The molecule has 2 N–H and O–H groups in total. The first-order valence-electron chi connectivity index (χ1n) is 7.49. The Labute approximate surface area is 136 Å². The third kappa shape index (κ3) is 5.94. The van der Waals surface area contributed by atoms with Gasteiger partial charge in [0.2, 0.25) is 5.95 Å². The summed E-state index contributed by atoms with van der Waals surface area (Å²) < 4.78 is 5.33. The minimum atomic E-state index is -0.540. The number of hydrogen-bond acceptors (Lipinski definition) is 5. The number of carbonyl (C=O) groups is 1. The fourth-order valence-corrected chi connectivity index (χ4v) is 1.97. The molecule has 1 atom stereocenters. The van der Waals surface area contributed by atoms with Crippen molar-refractivity contribution in [3.63, 3.8) is 0 Å².